The normalized spacial score (nSPS) is 21.2. The van der Waals surface area contributed by atoms with Crippen LogP contribution in [0.2, 0.25) is 0 Å². The van der Waals surface area contributed by atoms with E-state index in [-0.39, 0.29) is 5.91 Å². The van der Waals surface area contributed by atoms with Gasteiger partial charge in [-0.25, -0.2) is 0 Å². The maximum atomic E-state index is 12.3. The molecule has 2 rings (SSSR count). The van der Waals surface area contributed by atoms with E-state index in [1.54, 1.807) is 23.3 Å². The van der Waals surface area contributed by atoms with E-state index in [1.165, 1.54) is 0 Å². The molecule has 0 aromatic heterocycles. The van der Waals surface area contributed by atoms with E-state index < -0.39 is 16.9 Å². The molecule has 1 amide bonds. The first-order valence-electron chi connectivity index (χ1n) is 6.42. The highest BCUT2D eigenvalue weighted by atomic mass is 32.2. The number of carbonyl (C=O) groups is 1. The molecule has 0 bridgehead atoms. The predicted molar refractivity (Wildman–Crippen MR) is 75.4 cm³/mol. The Bertz CT molecular complexity index is 489. The first-order chi connectivity index (χ1) is 9.06. The third kappa shape index (κ3) is 3.88. The summed E-state index contributed by atoms with van der Waals surface area (Å²) in [5.41, 5.74) is 1.52. The number of amides is 1. The molecule has 1 fully saturated rings. The second-order valence-corrected chi connectivity index (χ2v) is 6.40. The summed E-state index contributed by atoms with van der Waals surface area (Å²) in [4.78, 5) is 14.0. The van der Waals surface area contributed by atoms with E-state index in [1.807, 2.05) is 12.1 Å². The van der Waals surface area contributed by atoms with Gasteiger partial charge in [0.1, 0.15) is 0 Å². The van der Waals surface area contributed by atoms with E-state index in [2.05, 4.69) is 0 Å². The number of likely N-dealkylation sites (tertiary alicyclic amines) is 1. The van der Waals surface area contributed by atoms with Crippen molar-refractivity contribution in [2.24, 2.45) is 0 Å². The van der Waals surface area contributed by atoms with E-state index in [4.69, 9.17) is 0 Å². The molecule has 1 aliphatic heterocycles. The fourth-order valence-corrected chi connectivity index (χ4v) is 3.00. The lowest BCUT2D eigenvalue weighted by atomic mass is 10.1. The molecule has 0 radical (unpaired) electrons. The zero-order valence-electron chi connectivity index (χ0n) is 11.0. The summed E-state index contributed by atoms with van der Waals surface area (Å²) in [6.45, 7) is 1.10. The van der Waals surface area contributed by atoms with E-state index in [0.717, 1.165) is 18.4 Å². The van der Waals surface area contributed by atoms with Gasteiger partial charge in [-0.1, -0.05) is 12.1 Å². The zero-order valence-corrected chi connectivity index (χ0v) is 11.9. The van der Waals surface area contributed by atoms with Crippen LogP contribution in [0.25, 0.3) is 0 Å². The number of β-amino-alcohol motifs (C(OH)–C–C–N with tert-alkyl or cyclic N) is 1. The summed E-state index contributed by atoms with van der Waals surface area (Å²) in [6.07, 6.45) is 2.84. The van der Waals surface area contributed by atoms with Crippen molar-refractivity contribution in [1.29, 1.82) is 0 Å². The minimum atomic E-state index is -0.913. The molecule has 1 aliphatic rings. The first-order valence-corrected chi connectivity index (χ1v) is 8.15. The van der Waals surface area contributed by atoms with E-state index in [9.17, 15) is 14.1 Å². The third-order valence-corrected chi connectivity index (χ3v) is 3.97. The number of carbonyl (C=O) groups excluding carboxylic acids is 1. The summed E-state index contributed by atoms with van der Waals surface area (Å²) in [5.74, 6) is 0.409. The molecule has 1 saturated heterocycles. The number of piperidine rings is 1. The lowest BCUT2D eigenvalue weighted by Crippen LogP contribution is -2.42. The Morgan fingerprint density at radius 2 is 2.32 bits per heavy atom. The van der Waals surface area contributed by atoms with Gasteiger partial charge in [-0.05, 0) is 30.5 Å². The maximum absolute atomic E-state index is 12.3. The highest BCUT2D eigenvalue weighted by Crippen LogP contribution is 2.15. The first kappa shape index (κ1) is 14.2. The van der Waals surface area contributed by atoms with Crippen LogP contribution in [0.5, 0.6) is 0 Å². The van der Waals surface area contributed by atoms with Crippen molar-refractivity contribution in [3.8, 4) is 0 Å². The Morgan fingerprint density at radius 3 is 3.00 bits per heavy atom. The second kappa shape index (κ2) is 6.30. The van der Waals surface area contributed by atoms with Crippen LogP contribution in [0.4, 0.5) is 0 Å². The zero-order chi connectivity index (χ0) is 13.8. The molecule has 1 aromatic rings. The quantitative estimate of drug-likeness (QED) is 0.904. The van der Waals surface area contributed by atoms with Crippen LogP contribution in [-0.4, -0.2) is 45.6 Å². The molecule has 1 aromatic carbocycles. The Labute approximate surface area is 115 Å². The lowest BCUT2D eigenvalue weighted by molar-refractivity contribution is 0.0473. The van der Waals surface area contributed by atoms with Crippen LogP contribution in [0.1, 0.15) is 28.8 Å². The van der Waals surface area contributed by atoms with Crippen molar-refractivity contribution in [3.63, 3.8) is 0 Å². The van der Waals surface area contributed by atoms with Crippen molar-refractivity contribution in [1.82, 2.24) is 4.90 Å². The van der Waals surface area contributed by atoms with Crippen molar-refractivity contribution in [2.75, 3.05) is 19.3 Å². The standard InChI is InChI=1S/C14H19NO3S/c1-19(18)10-11-4-2-5-12(8-11)14(17)15-7-3-6-13(16)9-15/h2,4-5,8,13,16H,3,6-7,9-10H2,1H3. The van der Waals surface area contributed by atoms with Crippen molar-refractivity contribution in [2.45, 2.75) is 24.7 Å². The number of hydrogen-bond acceptors (Lipinski definition) is 3. The molecule has 2 atom stereocenters. The van der Waals surface area contributed by atoms with Gasteiger partial charge in [-0.15, -0.1) is 0 Å². The van der Waals surface area contributed by atoms with Crippen LogP contribution < -0.4 is 0 Å². The molecule has 5 heteroatoms. The Hall–Kier alpha value is -1.20. The highest BCUT2D eigenvalue weighted by molar-refractivity contribution is 7.83. The smallest absolute Gasteiger partial charge is 0.253 e. The molecular formula is C14H19NO3S. The minimum Gasteiger partial charge on any atom is -0.391 e. The molecule has 1 N–H and O–H groups in total. The van der Waals surface area contributed by atoms with Crippen LogP contribution >= 0.6 is 0 Å². The summed E-state index contributed by atoms with van der Waals surface area (Å²) < 4.78 is 11.2. The number of nitrogens with zero attached hydrogens (tertiary/aromatic N) is 1. The van der Waals surface area contributed by atoms with Crippen LogP contribution in [0, 0.1) is 0 Å². The molecule has 2 unspecified atom stereocenters. The molecule has 1 heterocycles. The van der Waals surface area contributed by atoms with Gasteiger partial charge < -0.3 is 10.0 Å². The van der Waals surface area contributed by atoms with Crippen LogP contribution in [0.3, 0.4) is 0 Å². The minimum absolute atomic E-state index is 0.0533. The third-order valence-electron chi connectivity index (χ3n) is 3.23. The number of hydrogen-bond donors (Lipinski definition) is 1. The summed E-state index contributed by atoms with van der Waals surface area (Å²) >= 11 is 0. The van der Waals surface area contributed by atoms with Gasteiger partial charge >= 0.3 is 0 Å². The molecule has 4 nitrogen and oxygen atoms in total. The van der Waals surface area contributed by atoms with E-state index in [0.29, 0.717) is 24.4 Å². The topological polar surface area (TPSA) is 57.6 Å². The van der Waals surface area contributed by atoms with Gasteiger partial charge in [0.25, 0.3) is 5.91 Å². The van der Waals surface area contributed by atoms with Gasteiger partial charge in [0.15, 0.2) is 0 Å². The summed E-state index contributed by atoms with van der Waals surface area (Å²) in [7, 11) is -0.913. The number of rotatable bonds is 3. The Kier molecular flexibility index (Phi) is 4.71. The maximum Gasteiger partial charge on any atom is 0.253 e. The van der Waals surface area contributed by atoms with Gasteiger partial charge in [0.05, 0.1) is 6.10 Å². The predicted octanol–water partition coefficient (Wildman–Crippen LogP) is 1.16. The number of benzene rings is 1. The monoisotopic (exact) mass is 281 g/mol. The van der Waals surface area contributed by atoms with Gasteiger partial charge in [0, 0.05) is 41.5 Å². The fourth-order valence-electron chi connectivity index (χ4n) is 2.35. The van der Waals surface area contributed by atoms with Gasteiger partial charge in [-0.3, -0.25) is 9.00 Å². The van der Waals surface area contributed by atoms with Crippen LogP contribution in [0.15, 0.2) is 24.3 Å². The van der Waals surface area contributed by atoms with Crippen molar-refractivity contribution >= 4 is 16.7 Å². The fraction of sp³-hybridized carbons (Fsp3) is 0.500. The molecule has 19 heavy (non-hydrogen) atoms. The highest BCUT2D eigenvalue weighted by Gasteiger charge is 2.23. The molecule has 0 aliphatic carbocycles. The number of aliphatic hydroxyl groups excluding tert-OH is 1. The SMILES string of the molecule is CS(=O)Cc1cccc(C(=O)N2CCCC(O)C2)c1. The van der Waals surface area contributed by atoms with Gasteiger partial charge in [0.2, 0.25) is 0 Å². The van der Waals surface area contributed by atoms with Crippen molar-refractivity contribution < 1.29 is 14.1 Å². The Morgan fingerprint density at radius 1 is 1.53 bits per heavy atom. The Balaban J connectivity index is 2.12. The molecule has 0 saturated carbocycles. The van der Waals surface area contributed by atoms with Gasteiger partial charge in [-0.2, -0.15) is 0 Å². The molecule has 104 valence electrons. The second-order valence-electron chi connectivity index (χ2n) is 4.97. The molecular weight excluding hydrogens is 262 g/mol. The van der Waals surface area contributed by atoms with Crippen LogP contribution in [-0.2, 0) is 16.6 Å². The van der Waals surface area contributed by atoms with E-state index >= 15 is 0 Å². The largest absolute Gasteiger partial charge is 0.391 e. The lowest BCUT2D eigenvalue weighted by Gasteiger charge is -2.30. The summed E-state index contributed by atoms with van der Waals surface area (Å²) in [6, 6.07) is 7.26. The number of aliphatic hydroxyl groups is 1. The van der Waals surface area contributed by atoms with Crippen molar-refractivity contribution in [3.05, 3.63) is 35.4 Å². The molecule has 0 spiro atoms. The average molecular weight is 281 g/mol. The average Bonchev–Trinajstić information content (AvgIpc) is 2.37. The summed E-state index contributed by atoms with van der Waals surface area (Å²) in [5, 5.41) is 9.61.